The molecule has 2 heterocycles. The van der Waals surface area contributed by atoms with E-state index in [1.54, 1.807) is 12.4 Å². The highest BCUT2D eigenvalue weighted by Crippen LogP contribution is 2.16. The van der Waals surface area contributed by atoms with Crippen LogP contribution in [0.3, 0.4) is 0 Å². The van der Waals surface area contributed by atoms with Gasteiger partial charge in [0.15, 0.2) is 0 Å². The van der Waals surface area contributed by atoms with Crippen molar-refractivity contribution in [3.05, 3.63) is 24.5 Å². The van der Waals surface area contributed by atoms with Gasteiger partial charge in [-0.15, -0.1) is 0 Å². The van der Waals surface area contributed by atoms with Crippen LogP contribution in [-0.4, -0.2) is 35.5 Å². The lowest BCUT2D eigenvalue weighted by atomic mass is 9.99. The van der Waals surface area contributed by atoms with Crippen LogP contribution in [0.1, 0.15) is 26.2 Å². The van der Waals surface area contributed by atoms with Gasteiger partial charge in [-0.3, -0.25) is 9.78 Å². The molecule has 18 heavy (non-hydrogen) atoms. The Hall–Kier alpha value is -1.58. The highest BCUT2D eigenvalue weighted by molar-refractivity contribution is 5.76. The molecule has 1 aromatic heterocycles. The molecule has 0 unspecified atom stereocenters. The standard InChI is InChI=1S/C14H20N2O2/c1-12-4-8-16(9-5-12)14(17)6-10-18-13-3-2-7-15-11-13/h2-3,7,11-12H,4-6,8-10H2,1H3. The van der Waals surface area contributed by atoms with E-state index in [1.165, 1.54) is 0 Å². The van der Waals surface area contributed by atoms with Crippen molar-refractivity contribution in [2.75, 3.05) is 19.7 Å². The van der Waals surface area contributed by atoms with Crippen molar-refractivity contribution in [3.63, 3.8) is 0 Å². The van der Waals surface area contributed by atoms with Crippen molar-refractivity contribution in [2.45, 2.75) is 26.2 Å². The van der Waals surface area contributed by atoms with E-state index >= 15 is 0 Å². The number of amides is 1. The van der Waals surface area contributed by atoms with Crippen molar-refractivity contribution < 1.29 is 9.53 Å². The third-order valence-corrected chi connectivity index (χ3v) is 3.36. The topological polar surface area (TPSA) is 42.4 Å². The van der Waals surface area contributed by atoms with Gasteiger partial charge in [-0.1, -0.05) is 6.92 Å². The van der Waals surface area contributed by atoms with E-state index < -0.39 is 0 Å². The Bertz CT molecular complexity index is 373. The Kier molecular flexibility index (Phi) is 4.56. The summed E-state index contributed by atoms with van der Waals surface area (Å²) in [5, 5.41) is 0. The fraction of sp³-hybridized carbons (Fsp3) is 0.571. The van der Waals surface area contributed by atoms with Gasteiger partial charge in [0.05, 0.1) is 19.2 Å². The minimum atomic E-state index is 0.200. The van der Waals surface area contributed by atoms with Gasteiger partial charge < -0.3 is 9.64 Å². The number of aromatic nitrogens is 1. The predicted molar refractivity (Wildman–Crippen MR) is 69.3 cm³/mol. The lowest BCUT2D eigenvalue weighted by Crippen LogP contribution is -2.38. The van der Waals surface area contributed by atoms with Crippen molar-refractivity contribution in [2.24, 2.45) is 5.92 Å². The molecule has 0 saturated carbocycles. The zero-order valence-electron chi connectivity index (χ0n) is 10.8. The fourth-order valence-corrected chi connectivity index (χ4v) is 2.10. The first kappa shape index (κ1) is 12.9. The summed E-state index contributed by atoms with van der Waals surface area (Å²) in [4.78, 5) is 17.8. The maximum atomic E-state index is 11.9. The Morgan fingerprint density at radius 3 is 2.94 bits per heavy atom. The number of pyridine rings is 1. The molecule has 0 atom stereocenters. The van der Waals surface area contributed by atoms with Gasteiger partial charge in [0.2, 0.25) is 5.91 Å². The van der Waals surface area contributed by atoms with E-state index in [0.717, 1.165) is 37.6 Å². The van der Waals surface area contributed by atoms with Crippen LogP contribution >= 0.6 is 0 Å². The van der Waals surface area contributed by atoms with Crippen LogP contribution in [-0.2, 0) is 4.79 Å². The number of rotatable bonds is 4. The van der Waals surface area contributed by atoms with E-state index in [4.69, 9.17) is 4.74 Å². The average Bonchev–Trinajstić information content (AvgIpc) is 2.40. The van der Waals surface area contributed by atoms with Crippen LogP contribution in [0.5, 0.6) is 5.75 Å². The highest BCUT2D eigenvalue weighted by atomic mass is 16.5. The van der Waals surface area contributed by atoms with Crippen LogP contribution in [0.15, 0.2) is 24.5 Å². The van der Waals surface area contributed by atoms with Gasteiger partial charge >= 0.3 is 0 Å². The summed E-state index contributed by atoms with van der Waals surface area (Å²) in [6.45, 7) is 4.46. The second-order valence-electron chi connectivity index (χ2n) is 4.85. The third-order valence-electron chi connectivity index (χ3n) is 3.36. The number of hydrogen-bond acceptors (Lipinski definition) is 3. The third kappa shape index (κ3) is 3.72. The molecule has 1 aliphatic heterocycles. The van der Waals surface area contributed by atoms with E-state index in [1.807, 2.05) is 17.0 Å². The largest absolute Gasteiger partial charge is 0.491 e. The first-order chi connectivity index (χ1) is 8.75. The summed E-state index contributed by atoms with van der Waals surface area (Å²) in [6, 6.07) is 3.67. The number of piperidine rings is 1. The first-order valence-electron chi connectivity index (χ1n) is 6.56. The molecule has 1 amide bonds. The van der Waals surface area contributed by atoms with E-state index in [-0.39, 0.29) is 5.91 Å². The monoisotopic (exact) mass is 248 g/mol. The first-order valence-corrected chi connectivity index (χ1v) is 6.56. The molecule has 1 aromatic rings. The average molecular weight is 248 g/mol. The normalized spacial score (nSPS) is 16.6. The van der Waals surface area contributed by atoms with E-state index in [9.17, 15) is 4.79 Å². The Balaban J connectivity index is 1.69. The number of hydrogen-bond donors (Lipinski definition) is 0. The van der Waals surface area contributed by atoms with Gasteiger partial charge in [0, 0.05) is 19.3 Å². The summed E-state index contributed by atoms with van der Waals surface area (Å²) in [5.41, 5.74) is 0. The predicted octanol–water partition coefficient (Wildman–Crippen LogP) is 2.11. The van der Waals surface area contributed by atoms with Crippen LogP contribution in [0.4, 0.5) is 0 Å². The maximum Gasteiger partial charge on any atom is 0.225 e. The van der Waals surface area contributed by atoms with Gasteiger partial charge in [-0.05, 0) is 30.9 Å². The number of carbonyl (C=O) groups excluding carboxylic acids is 1. The van der Waals surface area contributed by atoms with Crippen molar-refractivity contribution in [1.82, 2.24) is 9.88 Å². The summed E-state index contributed by atoms with van der Waals surface area (Å²) < 4.78 is 5.48. The van der Waals surface area contributed by atoms with Crippen LogP contribution < -0.4 is 4.74 Å². The Morgan fingerprint density at radius 1 is 1.50 bits per heavy atom. The lowest BCUT2D eigenvalue weighted by Gasteiger charge is -2.30. The summed E-state index contributed by atoms with van der Waals surface area (Å²) in [5.74, 6) is 1.67. The van der Waals surface area contributed by atoms with Gasteiger partial charge in [0.25, 0.3) is 0 Å². The quantitative estimate of drug-likeness (QED) is 0.819. The number of likely N-dealkylation sites (tertiary alicyclic amines) is 1. The van der Waals surface area contributed by atoms with Gasteiger partial charge in [0.1, 0.15) is 5.75 Å². The van der Waals surface area contributed by atoms with Gasteiger partial charge in [-0.25, -0.2) is 0 Å². The zero-order chi connectivity index (χ0) is 12.8. The second kappa shape index (κ2) is 6.38. The number of carbonyl (C=O) groups is 1. The van der Waals surface area contributed by atoms with Crippen LogP contribution in [0, 0.1) is 5.92 Å². The lowest BCUT2D eigenvalue weighted by molar-refractivity contribution is -0.133. The Labute approximate surface area is 108 Å². The van der Waals surface area contributed by atoms with Crippen LogP contribution in [0.2, 0.25) is 0 Å². The molecule has 0 spiro atoms. The van der Waals surface area contributed by atoms with Crippen LogP contribution in [0.25, 0.3) is 0 Å². The molecular weight excluding hydrogens is 228 g/mol. The summed E-state index contributed by atoms with van der Waals surface area (Å²) in [7, 11) is 0. The highest BCUT2D eigenvalue weighted by Gasteiger charge is 2.19. The molecule has 0 aliphatic carbocycles. The van der Waals surface area contributed by atoms with Crippen molar-refractivity contribution >= 4 is 5.91 Å². The van der Waals surface area contributed by atoms with Gasteiger partial charge in [-0.2, -0.15) is 0 Å². The molecule has 2 rings (SSSR count). The summed E-state index contributed by atoms with van der Waals surface area (Å²) in [6.07, 6.45) is 6.05. The number of nitrogens with zero attached hydrogens (tertiary/aromatic N) is 2. The summed E-state index contributed by atoms with van der Waals surface area (Å²) >= 11 is 0. The molecule has 1 fully saturated rings. The van der Waals surface area contributed by atoms with E-state index in [0.29, 0.717) is 13.0 Å². The molecule has 1 saturated heterocycles. The molecule has 4 heteroatoms. The maximum absolute atomic E-state index is 11.9. The van der Waals surface area contributed by atoms with Crippen molar-refractivity contribution in [1.29, 1.82) is 0 Å². The van der Waals surface area contributed by atoms with E-state index in [2.05, 4.69) is 11.9 Å². The zero-order valence-corrected chi connectivity index (χ0v) is 10.8. The molecule has 0 bridgehead atoms. The molecule has 0 N–H and O–H groups in total. The fourth-order valence-electron chi connectivity index (χ4n) is 2.10. The molecular formula is C14H20N2O2. The number of ether oxygens (including phenoxy) is 1. The second-order valence-corrected chi connectivity index (χ2v) is 4.85. The SMILES string of the molecule is CC1CCN(C(=O)CCOc2cccnc2)CC1. The molecule has 1 aliphatic rings. The minimum Gasteiger partial charge on any atom is -0.491 e. The molecule has 98 valence electrons. The Morgan fingerprint density at radius 2 is 2.28 bits per heavy atom. The van der Waals surface area contributed by atoms with Crippen molar-refractivity contribution in [3.8, 4) is 5.75 Å². The molecule has 0 aromatic carbocycles. The molecule has 4 nitrogen and oxygen atoms in total. The minimum absolute atomic E-state index is 0.200. The molecule has 0 radical (unpaired) electrons. The smallest absolute Gasteiger partial charge is 0.225 e.